The minimum absolute atomic E-state index is 0.0380. The lowest BCUT2D eigenvalue weighted by atomic mass is 10.1. The largest absolute Gasteiger partial charge is 0.345 e. The van der Waals surface area contributed by atoms with Crippen LogP contribution in [0.4, 0.5) is 5.69 Å². The Bertz CT molecular complexity index is 642. The molecule has 20 heavy (non-hydrogen) atoms. The summed E-state index contributed by atoms with van der Waals surface area (Å²) in [5.74, 6) is -0.601. The summed E-state index contributed by atoms with van der Waals surface area (Å²) in [6.45, 7) is 1.74. The van der Waals surface area contributed by atoms with E-state index in [2.05, 4.69) is 15.5 Å². The Kier molecular flexibility index (Phi) is 3.99. The van der Waals surface area contributed by atoms with Crippen molar-refractivity contribution in [2.45, 2.75) is 13.0 Å². The standard InChI is InChI=1S/C12H11ClN4O3/c1-7(8-5-14-15-6-8)16-12(18)11-9(13)3-2-4-10(11)17(19)20/h2-7H,1H3,(H,14,15)(H,16,18). The summed E-state index contributed by atoms with van der Waals surface area (Å²) in [5.41, 5.74) is 0.289. The number of nitrogens with one attached hydrogen (secondary N) is 2. The number of nitrogens with zero attached hydrogens (tertiary/aromatic N) is 2. The predicted molar refractivity (Wildman–Crippen MR) is 72.6 cm³/mol. The number of rotatable bonds is 4. The molecule has 0 spiro atoms. The molecule has 1 heterocycles. The van der Waals surface area contributed by atoms with Crippen LogP contribution in [0, 0.1) is 10.1 Å². The van der Waals surface area contributed by atoms with E-state index in [-0.39, 0.29) is 22.3 Å². The quantitative estimate of drug-likeness (QED) is 0.668. The van der Waals surface area contributed by atoms with Crippen molar-refractivity contribution in [2.24, 2.45) is 0 Å². The van der Waals surface area contributed by atoms with Gasteiger partial charge in [-0.05, 0) is 13.0 Å². The fraction of sp³-hybridized carbons (Fsp3) is 0.167. The Morgan fingerprint density at radius 1 is 1.55 bits per heavy atom. The maximum atomic E-state index is 12.2. The number of benzene rings is 1. The summed E-state index contributed by atoms with van der Waals surface area (Å²) in [6.07, 6.45) is 3.19. The van der Waals surface area contributed by atoms with Crippen LogP contribution in [0.15, 0.2) is 30.6 Å². The molecule has 1 aromatic heterocycles. The molecule has 2 N–H and O–H groups in total. The predicted octanol–water partition coefficient (Wildman–Crippen LogP) is 2.46. The molecular weight excluding hydrogens is 284 g/mol. The van der Waals surface area contributed by atoms with Gasteiger partial charge in [-0.15, -0.1) is 0 Å². The maximum Gasteiger partial charge on any atom is 0.283 e. The number of amides is 1. The molecule has 0 fully saturated rings. The smallest absolute Gasteiger partial charge is 0.283 e. The molecule has 0 bridgehead atoms. The fourth-order valence-corrected chi connectivity index (χ4v) is 1.99. The van der Waals surface area contributed by atoms with E-state index in [1.807, 2.05) is 0 Å². The zero-order valence-corrected chi connectivity index (χ0v) is 11.2. The van der Waals surface area contributed by atoms with Crippen molar-refractivity contribution in [3.63, 3.8) is 0 Å². The lowest BCUT2D eigenvalue weighted by molar-refractivity contribution is -0.385. The minimum atomic E-state index is -0.636. The van der Waals surface area contributed by atoms with E-state index >= 15 is 0 Å². The van der Waals surface area contributed by atoms with E-state index in [1.165, 1.54) is 18.2 Å². The normalized spacial score (nSPS) is 11.9. The molecule has 0 saturated heterocycles. The number of aromatic nitrogens is 2. The van der Waals surface area contributed by atoms with Crippen molar-refractivity contribution in [2.75, 3.05) is 0 Å². The average Bonchev–Trinajstić information content (AvgIpc) is 2.91. The highest BCUT2D eigenvalue weighted by Crippen LogP contribution is 2.26. The molecule has 1 unspecified atom stereocenters. The fourth-order valence-electron chi connectivity index (χ4n) is 1.74. The van der Waals surface area contributed by atoms with Crippen LogP contribution in [0.5, 0.6) is 0 Å². The number of carbonyl (C=O) groups is 1. The Morgan fingerprint density at radius 3 is 2.90 bits per heavy atom. The van der Waals surface area contributed by atoms with Gasteiger partial charge in [-0.25, -0.2) is 0 Å². The molecule has 8 heteroatoms. The van der Waals surface area contributed by atoms with E-state index in [4.69, 9.17) is 11.6 Å². The van der Waals surface area contributed by atoms with Crippen molar-refractivity contribution in [3.05, 3.63) is 56.9 Å². The first kappa shape index (κ1) is 14.0. The summed E-state index contributed by atoms with van der Waals surface area (Å²) in [6, 6.07) is 3.75. The van der Waals surface area contributed by atoms with Crippen molar-refractivity contribution in [1.82, 2.24) is 15.5 Å². The highest BCUT2D eigenvalue weighted by atomic mass is 35.5. The topological polar surface area (TPSA) is 101 Å². The molecule has 0 aliphatic rings. The van der Waals surface area contributed by atoms with Gasteiger partial charge in [0.25, 0.3) is 11.6 Å². The molecule has 1 atom stereocenters. The first-order valence-electron chi connectivity index (χ1n) is 5.73. The molecule has 0 radical (unpaired) electrons. The summed E-state index contributed by atoms with van der Waals surface area (Å²) >= 11 is 5.89. The molecule has 0 saturated carbocycles. The van der Waals surface area contributed by atoms with Crippen molar-refractivity contribution in [1.29, 1.82) is 0 Å². The number of carbonyl (C=O) groups excluding carboxylic acids is 1. The Balaban J connectivity index is 2.28. The van der Waals surface area contributed by atoms with Crippen LogP contribution in [-0.2, 0) is 0 Å². The third-order valence-electron chi connectivity index (χ3n) is 2.78. The minimum Gasteiger partial charge on any atom is -0.345 e. The number of nitro groups is 1. The number of nitro benzene ring substituents is 1. The monoisotopic (exact) mass is 294 g/mol. The molecule has 1 amide bonds. The van der Waals surface area contributed by atoms with Crippen LogP contribution in [0.1, 0.15) is 28.9 Å². The summed E-state index contributed by atoms with van der Waals surface area (Å²) in [7, 11) is 0. The van der Waals surface area contributed by atoms with Crippen LogP contribution >= 0.6 is 11.6 Å². The van der Waals surface area contributed by atoms with E-state index in [0.29, 0.717) is 0 Å². The Morgan fingerprint density at radius 2 is 2.30 bits per heavy atom. The van der Waals surface area contributed by atoms with Gasteiger partial charge in [0, 0.05) is 17.8 Å². The second-order valence-electron chi connectivity index (χ2n) is 4.12. The average molecular weight is 295 g/mol. The molecule has 104 valence electrons. The van der Waals surface area contributed by atoms with Gasteiger partial charge in [0.2, 0.25) is 0 Å². The molecule has 2 aromatic rings. The van der Waals surface area contributed by atoms with E-state index in [9.17, 15) is 14.9 Å². The molecular formula is C12H11ClN4O3. The number of H-pyrrole nitrogens is 1. The summed E-state index contributed by atoms with van der Waals surface area (Å²) in [5, 5.41) is 20.0. The van der Waals surface area contributed by atoms with Gasteiger partial charge in [0.15, 0.2) is 0 Å². The van der Waals surface area contributed by atoms with Gasteiger partial charge in [-0.2, -0.15) is 5.10 Å². The number of aromatic amines is 1. The van der Waals surface area contributed by atoms with Crippen molar-refractivity contribution < 1.29 is 9.72 Å². The highest BCUT2D eigenvalue weighted by Gasteiger charge is 2.24. The third-order valence-corrected chi connectivity index (χ3v) is 3.10. The second-order valence-corrected chi connectivity index (χ2v) is 4.53. The molecule has 7 nitrogen and oxygen atoms in total. The van der Waals surface area contributed by atoms with Gasteiger partial charge >= 0.3 is 0 Å². The first-order chi connectivity index (χ1) is 9.50. The van der Waals surface area contributed by atoms with E-state index in [0.717, 1.165) is 5.56 Å². The zero-order chi connectivity index (χ0) is 14.7. The Hall–Kier alpha value is -2.41. The Labute approximate surface area is 119 Å². The van der Waals surface area contributed by atoms with Gasteiger partial charge in [0.1, 0.15) is 5.56 Å². The van der Waals surface area contributed by atoms with Crippen LogP contribution in [0.3, 0.4) is 0 Å². The van der Waals surface area contributed by atoms with Gasteiger partial charge in [-0.1, -0.05) is 17.7 Å². The summed E-state index contributed by atoms with van der Waals surface area (Å²) in [4.78, 5) is 22.5. The second kappa shape index (κ2) is 5.70. The van der Waals surface area contributed by atoms with Gasteiger partial charge in [-0.3, -0.25) is 20.0 Å². The number of hydrogen-bond donors (Lipinski definition) is 2. The molecule has 2 rings (SSSR count). The van der Waals surface area contributed by atoms with Crippen LogP contribution < -0.4 is 5.32 Å². The van der Waals surface area contributed by atoms with Crippen molar-refractivity contribution >= 4 is 23.2 Å². The maximum absolute atomic E-state index is 12.2. The molecule has 0 aliphatic carbocycles. The van der Waals surface area contributed by atoms with Gasteiger partial charge < -0.3 is 5.32 Å². The van der Waals surface area contributed by atoms with Crippen LogP contribution in [0.2, 0.25) is 5.02 Å². The van der Waals surface area contributed by atoms with Crippen molar-refractivity contribution in [3.8, 4) is 0 Å². The lowest BCUT2D eigenvalue weighted by Gasteiger charge is -2.12. The van der Waals surface area contributed by atoms with E-state index < -0.39 is 10.8 Å². The third kappa shape index (κ3) is 2.77. The van der Waals surface area contributed by atoms with E-state index in [1.54, 1.807) is 19.3 Å². The highest BCUT2D eigenvalue weighted by molar-refractivity contribution is 6.34. The zero-order valence-electron chi connectivity index (χ0n) is 10.5. The first-order valence-corrected chi connectivity index (χ1v) is 6.11. The molecule has 1 aromatic carbocycles. The van der Waals surface area contributed by atoms with Crippen LogP contribution in [-0.4, -0.2) is 21.0 Å². The number of halogens is 1. The lowest BCUT2D eigenvalue weighted by Crippen LogP contribution is -2.27. The SMILES string of the molecule is CC(NC(=O)c1c(Cl)cccc1[N+](=O)[O-])c1cn[nH]c1. The van der Waals surface area contributed by atoms with Crippen LogP contribution in [0.25, 0.3) is 0 Å². The summed E-state index contributed by atoms with van der Waals surface area (Å²) < 4.78 is 0. The van der Waals surface area contributed by atoms with Gasteiger partial charge in [0.05, 0.1) is 22.2 Å². The molecule has 0 aliphatic heterocycles. The number of hydrogen-bond acceptors (Lipinski definition) is 4.